The summed E-state index contributed by atoms with van der Waals surface area (Å²) < 4.78 is 7.41. The molecule has 1 aliphatic rings. The second-order valence-electron chi connectivity index (χ2n) is 4.97. The minimum Gasteiger partial charge on any atom is -0.493 e. The van der Waals surface area contributed by atoms with Crippen molar-refractivity contribution in [3.05, 3.63) is 61.5 Å². The molecule has 22 heavy (non-hydrogen) atoms. The average Bonchev–Trinajstić information content (AvgIpc) is 2.50. The van der Waals surface area contributed by atoms with E-state index in [9.17, 15) is 4.79 Å². The molecule has 1 amide bonds. The zero-order valence-electron chi connectivity index (χ0n) is 11.4. The summed E-state index contributed by atoms with van der Waals surface area (Å²) in [5, 5.41) is 3.47. The molecule has 0 aliphatic carbocycles. The van der Waals surface area contributed by atoms with E-state index in [1.54, 1.807) is 18.2 Å². The summed E-state index contributed by atoms with van der Waals surface area (Å²) in [5.41, 5.74) is 1.43. The summed E-state index contributed by atoms with van der Waals surface area (Å²) in [6.07, 6.45) is 0.723. The van der Waals surface area contributed by atoms with Gasteiger partial charge < -0.3 is 10.1 Å². The van der Waals surface area contributed by atoms with Crippen LogP contribution in [0.1, 0.15) is 28.4 Å². The Labute approximate surface area is 150 Å². The third-order valence-corrected chi connectivity index (χ3v) is 4.81. The van der Waals surface area contributed by atoms with E-state index in [4.69, 9.17) is 16.3 Å². The molecular weight excluding hydrogens is 433 g/mol. The Balaban J connectivity index is 1.87. The first-order valence-electron chi connectivity index (χ1n) is 6.73. The summed E-state index contributed by atoms with van der Waals surface area (Å²) in [7, 11) is 0. The van der Waals surface area contributed by atoms with Gasteiger partial charge in [0.15, 0.2) is 0 Å². The Kier molecular flexibility index (Phi) is 4.76. The normalized spacial score (nSPS) is 16.6. The Morgan fingerprint density at radius 2 is 1.91 bits per heavy atom. The van der Waals surface area contributed by atoms with E-state index in [1.807, 2.05) is 18.2 Å². The van der Waals surface area contributed by atoms with Crippen LogP contribution in [0.4, 0.5) is 0 Å². The van der Waals surface area contributed by atoms with Gasteiger partial charge in [0.2, 0.25) is 0 Å². The van der Waals surface area contributed by atoms with Gasteiger partial charge in [-0.25, -0.2) is 0 Å². The standard InChI is InChI=1S/C16H12Br2ClNO2/c17-9-1-3-13(19)11(7-9)16(21)20-14-5-6-22-15-4-2-10(18)8-12(14)15/h1-4,7-8,14H,5-6H2,(H,20,21). The highest BCUT2D eigenvalue weighted by Gasteiger charge is 2.24. The van der Waals surface area contributed by atoms with Gasteiger partial charge in [0.25, 0.3) is 5.91 Å². The fourth-order valence-electron chi connectivity index (χ4n) is 2.42. The molecule has 0 saturated heterocycles. The number of halogens is 3. The van der Waals surface area contributed by atoms with Crippen LogP contribution in [0.15, 0.2) is 45.3 Å². The molecule has 1 unspecified atom stereocenters. The fraction of sp³-hybridized carbons (Fsp3) is 0.188. The fourth-order valence-corrected chi connectivity index (χ4v) is 3.37. The summed E-state index contributed by atoms with van der Waals surface area (Å²) in [4.78, 5) is 12.5. The molecular formula is C16H12Br2ClNO2. The van der Waals surface area contributed by atoms with E-state index in [0.29, 0.717) is 17.2 Å². The minimum absolute atomic E-state index is 0.0937. The van der Waals surface area contributed by atoms with E-state index in [2.05, 4.69) is 37.2 Å². The van der Waals surface area contributed by atoms with Crippen molar-refractivity contribution in [3.63, 3.8) is 0 Å². The van der Waals surface area contributed by atoms with Crippen LogP contribution in [0.25, 0.3) is 0 Å². The van der Waals surface area contributed by atoms with Crippen molar-refractivity contribution in [2.24, 2.45) is 0 Å². The van der Waals surface area contributed by atoms with Gasteiger partial charge in [0, 0.05) is 20.9 Å². The number of hydrogen-bond acceptors (Lipinski definition) is 2. The molecule has 114 valence electrons. The number of benzene rings is 2. The average molecular weight is 446 g/mol. The molecule has 0 radical (unpaired) electrons. The molecule has 3 nitrogen and oxygen atoms in total. The van der Waals surface area contributed by atoms with Crippen molar-refractivity contribution in [1.29, 1.82) is 0 Å². The summed E-state index contributed by atoms with van der Waals surface area (Å²) in [5.74, 6) is 0.615. The zero-order valence-corrected chi connectivity index (χ0v) is 15.3. The minimum atomic E-state index is -0.191. The maximum Gasteiger partial charge on any atom is 0.253 e. The topological polar surface area (TPSA) is 38.3 Å². The van der Waals surface area contributed by atoms with E-state index in [-0.39, 0.29) is 11.9 Å². The first-order chi connectivity index (χ1) is 10.5. The molecule has 1 aliphatic heterocycles. The molecule has 0 saturated carbocycles. The van der Waals surface area contributed by atoms with Crippen LogP contribution in [0.2, 0.25) is 5.02 Å². The third kappa shape index (κ3) is 3.31. The molecule has 6 heteroatoms. The number of rotatable bonds is 2. The van der Waals surface area contributed by atoms with Gasteiger partial charge in [-0.15, -0.1) is 0 Å². The molecule has 0 bridgehead atoms. The van der Waals surface area contributed by atoms with Crippen LogP contribution >= 0.6 is 43.5 Å². The highest BCUT2D eigenvalue weighted by molar-refractivity contribution is 9.10. The lowest BCUT2D eigenvalue weighted by atomic mass is 10.00. The Morgan fingerprint density at radius 3 is 2.73 bits per heavy atom. The van der Waals surface area contributed by atoms with E-state index >= 15 is 0 Å². The molecule has 0 spiro atoms. The zero-order chi connectivity index (χ0) is 15.7. The smallest absolute Gasteiger partial charge is 0.253 e. The predicted molar refractivity (Wildman–Crippen MR) is 93.6 cm³/mol. The van der Waals surface area contributed by atoms with Gasteiger partial charge in [-0.2, -0.15) is 0 Å². The monoisotopic (exact) mass is 443 g/mol. The molecule has 0 fully saturated rings. The molecule has 1 heterocycles. The van der Waals surface area contributed by atoms with Crippen LogP contribution in [-0.2, 0) is 0 Å². The SMILES string of the molecule is O=C(NC1CCOc2ccc(Br)cc21)c1cc(Br)ccc1Cl. The number of fused-ring (bicyclic) bond motifs is 1. The van der Waals surface area contributed by atoms with Crippen molar-refractivity contribution < 1.29 is 9.53 Å². The maximum atomic E-state index is 12.5. The van der Waals surface area contributed by atoms with Gasteiger partial charge in [0.05, 0.1) is 23.2 Å². The first-order valence-corrected chi connectivity index (χ1v) is 8.69. The highest BCUT2D eigenvalue weighted by atomic mass is 79.9. The number of ether oxygens (including phenoxy) is 1. The van der Waals surface area contributed by atoms with E-state index < -0.39 is 0 Å². The lowest BCUT2D eigenvalue weighted by Crippen LogP contribution is -2.32. The van der Waals surface area contributed by atoms with Gasteiger partial charge in [-0.05, 0) is 36.4 Å². The van der Waals surface area contributed by atoms with Crippen LogP contribution in [-0.4, -0.2) is 12.5 Å². The number of amides is 1. The van der Waals surface area contributed by atoms with Gasteiger partial charge >= 0.3 is 0 Å². The number of carbonyl (C=O) groups excluding carboxylic acids is 1. The summed E-state index contributed by atoms with van der Waals surface area (Å²) in [6.45, 7) is 0.575. The van der Waals surface area contributed by atoms with E-state index in [1.165, 1.54) is 0 Å². The van der Waals surface area contributed by atoms with Crippen LogP contribution in [0, 0.1) is 0 Å². The van der Waals surface area contributed by atoms with Crippen LogP contribution < -0.4 is 10.1 Å². The Bertz CT molecular complexity index is 736. The number of carbonyl (C=O) groups is 1. The van der Waals surface area contributed by atoms with Gasteiger partial charge in [0.1, 0.15) is 5.75 Å². The largest absolute Gasteiger partial charge is 0.493 e. The van der Waals surface area contributed by atoms with Crippen molar-refractivity contribution in [3.8, 4) is 5.75 Å². The quantitative estimate of drug-likeness (QED) is 0.697. The molecule has 3 rings (SSSR count). The Morgan fingerprint density at radius 1 is 1.18 bits per heavy atom. The predicted octanol–water partition coefficient (Wildman–Crippen LogP) is 5.12. The van der Waals surface area contributed by atoms with Crippen LogP contribution in [0.5, 0.6) is 5.75 Å². The number of hydrogen-bond donors (Lipinski definition) is 1. The second-order valence-corrected chi connectivity index (χ2v) is 7.21. The lowest BCUT2D eigenvalue weighted by molar-refractivity contribution is 0.0925. The first kappa shape index (κ1) is 15.8. The van der Waals surface area contributed by atoms with E-state index in [0.717, 1.165) is 26.7 Å². The molecule has 0 aromatic heterocycles. The summed E-state index contributed by atoms with van der Waals surface area (Å²) >= 11 is 12.9. The summed E-state index contributed by atoms with van der Waals surface area (Å²) in [6, 6.07) is 10.9. The molecule has 1 N–H and O–H groups in total. The third-order valence-electron chi connectivity index (χ3n) is 3.49. The van der Waals surface area contributed by atoms with Crippen LogP contribution in [0.3, 0.4) is 0 Å². The number of nitrogens with one attached hydrogen (secondary N) is 1. The van der Waals surface area contributed by atoms with Gasteiger partial charge in [-0.3, -0.25) is 4.79 Å². The van der Waals surface area contributed by atoms with Crippen molar-refractivity contribution in [1.82, 2.24) is 5.32 Å². The van der Waals surface area contributed by atoms with Gasteiger partial charge in [-0.1, -0.05) is 43.5 Å². The molecule has 2 aromatic carbocycles. The van der Waals surface area contributed by atoms with Crippen molar-refractivity contribution in [2.75, 3.05) is 6.61 Å². The van der Waals surface area contributed by atoms with Crippen molar-refractivity contribution in [2.45, 2.75) is 12.5 Å². The second kappa shape index (κ2) is 6.60. The highest BCUT2D eigenvalue weighted by Crippen LogP contribution is 2.34. The molecule has 2 aromatic rings. The Hall–Kier alpha value is -1.04. The van der Waals surface area contributed by atoms with Crippen molar-refractivity contribution >= 4 is 49.4 Å². The maximum absolute atomic E-state index is 12.5. The molecule has 1 atom stereocenters. The lowest BCUT2D eigenvalue weighted by Gasteiger charge is -2.27.